The van der Waals surface area contributed by atoms with Crippen LogP contribution in [0.2, 0.25) is 0 Å². The molecule has 1 aliphatic heterocycles. The van der Waals surface area contributed by atoms with Crippen LogP contribution < -0.4 is 15.8 Å². The molecule has 0 aromatic heterocycles. The van der Waals surface area contributed by atoms with Crippen molar-refractivity contribution in [3.63, 3.8) is 0 Å². The summed E-state index contributed by atoms with van der Waals surface area (Å²) in [6.45, 7) is 1.11. The number of hydrogen-bond donors (Lipinski definition) is 2. The predicted molar refractivity (Wildman–Crippen MR) is 62.0 cm³/mol. The fraction of sp³-hybridized carbons (Fsp3) is 0.500. The van der Waals surface area contributed by atoms with Gasteiger partial charge in [-0.1, -0.05) is 12.5 Å². The predicted octanol–water partition coefficient (Wildman–Crippen LogP) is 2.09. The van der Waals surface area contributed by atoms with E-state index in [1.54, 1.807) is 7.11 Å². The second kappa shape index (κ2) is 4.53. The molecule has 0 aliphatic carbocycles. The van der Waals surface area contributed by atoms with E-state index >= 15 is 0 Å². The fourth-order valence-electron chi connectivity index (χ4n) is 2.11. The third kappa shape index (κ3) is 2.23. The number of ether oxygens (including phenoxy) is 1. The van der Waals surface area contributed by atoms with Crippen LogP contribution >= 0.6 is 0 Å². The zero-order valence-electron chi connectivity index (χ0n) is 9.12. The van der Waals surface area contributed by atoms with Gasteiger partial charge in [-0.3, -0.25) is 0 Å². The number of hydrogen-bond acceptors (Lipinski definition) is 3. The van der Waals surface area contributed by atoms with Crippen LogP contribution in [-0.4, -0.2) is 13.7 Å². The van der Waals surface area contributed by atoms with E-state index in [1.807, 2.05) is 12.1 Å². The topological polar surface area (TPSA) is 47.3 Å². The Bertz CT molecular complexity index is 332. The molecular weight excluding hydrogens is 188 g/mol. The van der Waals surface area contributed by atoms with E-state index in [1.165, 1.54) is 24.8 Å². The van der Waals surface area contributed by atoms with Crippen LogP contribution in [0.3, 0.4) is 0 Å². The molecule has 1 heterocycles. The van der Waals surface area contributed by atoms with Gasteiger partial charge in [0.2, 0.25) is 0 Å². The standard InChI is InChI=1S/C12H18N2O/c1-15-12-6-5-9(8-10(12)13)11-4-2-3-7-14-11/h5-6,8,11,14H,2-4,7,13H2,1H3. The average Bonchev–Trinajstić information content (AvgIpc) is 2.30. The molecule has 1 aromatic rings. The van der Waals surface area contributed by atoms with Gasteiger partial charge in [0.15, 0.2) is 0 Å². The summed E-state index contributed by atoms with van der Waals surface area (Å²) in [5.74, 6) is 0.759. The number of nitrogens with one attached hydrogen (secondary N) is 1. The Balaban J connectivity index is 2.17. The number of rotatable bonds is 2. The van der Waals surface area contributed by atoms with Crippen molar-refractivity contribution in [2.45, 2.75) is 25.3 Å². The highest BCUT2D eigenvalue weighted by molar-refractivity contribution is 5.54. The maximum Gasteiger partial charge on any atom is 0.141 e. The molecular formula is C12H18N2O. The van der Waals surface area contributed by atoms with Crippen molar-refractivity contribution in [1.29, 1.82) is 0 Å². The Morgan fingerprint density at radius 1 is 1.40 bits per heavy atom. The van der Waals surface area contributed by atoms with Gasteiger partial charge >= 0.3 is 0 Å². The van der Waals surface area contributed by atoms with Gasteiger partial charge in [-0.25, -0.2) is 0 Å². The summed E-state index contributed by atoms with van der Waals surface area (Å²) >= 11 is 0. The lowest BCUT2D eigenvalue weighted by Gasteiger charge is -2.24. The summed E-state index contributed by atoms with van der Waals surface area (Å²) in [7, 11) is 1.64. The Morgan fingerprint density at radius 2 is 2.27 bits per heavy atom. The van der Waals surface area contributed by atoms with Gasteiger partial charge in [0.25, 0.3) is 0 Å². The van der Waals surface area contributed by atoms with Crippen LogP contribution in [0.25, 0.3) is 0 Å². The lowest BCUT2D eigenvalue weighted by Crippen LogP contribution is -2.26. The highest BCUT2D eigenvalue weighted by Gasteiger charge is 2.15. The molecule has 0 spiro atoms. The first-order valence-electron chi connectivity index (χ1n) is 5.48. The number of piperidine rings is 1. The molecule has 0 amide bonds. The number of nitrogens with two attached hydrogens (primary N) is 1. The molecule has 3 N–H and O–H groups in total. The van der Waals surface area contributed by atoms with Crippen molar-refractivity contribution in [1.82, 2.24) is 5.32 Å². The zero-order valence-corrected chi connectivity index (χ0v) is 9.12. The molecule has 2 rings (SSSR count). The molecule has 3 nitrogen and oxygen atoms in total. The second-order valence-corrected chi connectivity index (χ2v) is 4.00. The quantitative estimate of drug-likeness (QED) is 0.728. The minimum absolute atomic E-state index is 0.465. The van der Waals surface area contributed by atoms with Crippen molar-refractivity contribution >= 4 is 5.69 Å². The summed E-state index contributed by atoms with van der Waals surface area (Å²) < 4.78 is 5.14. The van der Waals surface area contributed by atoms with Crippen LogP contribution in [0.15, 0.2) is 18.2 Å². The summed E-state index contributed by atoms with van der Waals surface area (Å²) in [4.78, 5) is 0. The third-order valence-electron chi connectivity index (χ3n) is 2.97. The van der Waals surface area contributed by atoms with E-state index in [4.69, 9.17) is 10.5 Å². The average molecular weight is 206 g/mol. The van der Waals surface area contributed by atoms with Crippen LogP contribution in [0.5, 0.6) is 5.75 Å². The molecule has 15 heavy (non-hydrogen) atoms. The lowest BCUT2D eigenvalue weighted by molar-refractivity contribution is 0.407. The number of nitrogen functional groups attached to an aromatic ring is 1. The van der Waals surface area contributed by atoms with Gasteiger partial charge < -0.3 is 15.8 Å². The van der Waals surface area contributed by atoms with Gasteiger partial charge in [0.1, 0.15) is 5.75 Å². The Hall–Kier alpha value is -1.22. The van der Waals surface area contributed by atoms with E-state index < -0.39 is 0 Å². The Kier molecular flexibility index (Phi) is 3.11. The zero-order chi connectivity index (χ0) is 10.7. The molecule has 1 aromatic carbocycles. The Morgan fingerprint density at radius 3 is 2.87 bits per heavy atom. The molecule has 3 heteroatoms. The van der Waals surface area contributed by atoms with Crippen LogP contribution in [0.4, 0.5) is 5.69 Å². The van der Waals surface area contributed by atoms with E-state index in [9.17, 15) is 0 Å². The number of benzene rings is 1. The molecule has 1 fully saturated rings. The monoisotopic (exact) mass is 206 g/mol. The first-order chi connectivity index (χ1) is 7.31. The van der Waals surface area contributed by atoms with Crippen molar-refractivity contribution in [3.8, 4) is 5.75 Å². The summed E-state index contributed by atoms with van der Waals surface area (Å²) in [6.07, 6.45) is 3.78. The maximum atomic E-state index is 5.89. The molecule has 0 bridgehead atoms. The lowest BCUT2D eigenvalue weighted by atomic mass is 9.97. The van der Waals surface area contributed by atoms with Crippen molar-refractivity contribution in [2.24, 2.45) is 0 Å². The summed E-state index contributed by atoms with van der Waals surface area (Å²) in [5.41, 5.74) is 7.88. The van der Waals surface area contributed by atoms with Crippen molar-refractivity contribution in [2.75, 3.05) is 19.4 Å². The molecule has 1 aliphatic rings. The normalized spacial score (nSPS) is 21.3. The minimum Gasteiger partial charge on any atom is -0.495 e. The molecule has 1 saturated heterocycles. The molecule has 1 atom stereocenters. The molecule has 82 valence electrons. The van der Waals surface area contributed by atoms with E-state index in [0.29, 0.717) is 6.04 Å². The summed E-state index contributed by atoms with van der Waals surface area (Å²) in [6, 6.07) is 6.52. The van der Waals surface area contributed by atoms with Crippen LogP contribution in [0.1, 0.15) is 30.9 Å². The summed E-state index contributed by atoms with van der Waals surface area (Å²) in [5, 5.41) is 3.50. The first-order valence-corrected chi connectivity index (χ1v) is 5.48. The number of anilines is 1. The van der Waals surface area contributed by atoms with Crippen molar-refractivity contribution < 1.29 is 4.74 Å². The van der Waals surface area contributed by atoms with Gasteiger partial charge in [0.05, 0.1) is 12.8 Å². The van der Waals surface area contributed by atoms with E-state index in [2.05, 4.69) is 11.4 Å². The van der Waals surface area contributed by atoms with E-state index in [-0.39, 0.29) is 0 Å². The molecule has 0 radical (unpaired) electrons. The van der Waals surface area contributed by atoms with Crippen LogP contribution in [-0.2, 0) is 0 Å². The van der Waals surface area contributed by atoms with Gasteiger partial charge in [-0.05, 0) is 37.1 Å². The second-order valence-electron chi connectivity index (χ2n) is 4.00. The van der Waals surface area contributed by atoms with E-state index in [0.717, 1.165) is 18.0 Å². The van der Waals surface area contributed by atoms with Crippen LogP contribution in [0, 0.1) is 0 Å². The van der Waals surface area contributed by atoms with Gasteiger partial charge in [0, 0.05) is 6.04 Å². The highest BCUT2D eigenvalue weighted by atomic mass is 16.5. The first kappa shape index (κ1) is 10.3. The SMILES string of the molecule is COc1ccc(C2CCCCN2)cc1N. The Labute approximate surface area is 90.6 Å². The molecule has 0 saturated carbocycles. The molecule has 1 unspecified atom stereocenters. The van der Waals surface area contributed by atoms with Crippen molar-refractivity contribution in [3.05, 3.63) is 23.8 Å². The largest absolute Gasteiger partial charge is 0.495 e. The fourth-order valence-corrected chi connectivity index (χ4v) is 2.11. The highest BCUT2D eigenvalue weighted by Crippen LogP contribution is 2.28. The van der Waals surface area contributed by atoms with Gasteiger partial charge in [-0.2, -0.15) is 0 Å². The smallest absolute Gasteiger partial charge is 0.141 e. The minimum atomic E-state index is 0.465. The van der Waals surface area contributed by atoms with Gasteiger partial charge in [-0.15, -0.1) is 0 Å². The number of methoxy groups -OCH3 is 1. The third-order valence-corrected chi connectivity index (χ3v) is 2.97. The maximum absolute atomic E-state index is 5.89.